The lowest BCUT2D eigenvalue weighted by Gasteiger charge is -2.10. The number of aromatic nitrogens is 3. The lowest BCUT2D eigenvalue weighted by atomic mass is 10.1. The van der Waals surface area contributed by atoms with Crippen molar-refractivity contribution in [3.05, 3.63) is 60.2 Å². The van der Waals surface area contributed by atoms with Gasteiger partial charge >= 0.3 is 0 Å². The highest BCUT2D eigenvalue weighted by atomic mass is 32.2. The fourth-order valence-corrected chi connectivity index (χ4v) is 3.25. The molecule has 1 N–H and O–H groups in total. The third-order valence-electron chi connectivity index (χ3n) is 3.46. The molecule has 0 radical (unpaired) electrons. The maximum absolute atomic E-state index is 8.99. The van der Waals surface area contributed by atoms with Crippen LogP contribution in [0.2, 0.25) is 0 Å². The molecule has 2 aromatic carbocycles. The van der Waals surface area contributed by atoms with Crippen LogP contribution < -0.4 is 0 Å². The summed E-state index contributed by atoms with van der Waals surface area (Å²) in [7, 11) is 0. The van der Waals surface area contributed by atoms with Gasteiger partial charge in [-0.2, -0.15) is 0 Å². The van der Waals surface area contributed by atoms with E-state index in [9.17, 15) is 0 Å². The van der Waals surface area contributed by atoms with Gasteiger partial charge in [0.1, 0.15) is 0 Å². The average molecular weight is 325 g/mol. The van der Waals surface area contributed by atoms with E-state index in [4.69, 9.17) is 5.11 Å². The second-order valence-electron chi connectivity index (χ2n) is 5.27. The van der Waals surface area contributed by atoms with Crippen molar-refractivity contribution in [2.45, 2.75) is 18.5 Å². The molecular weight excluding hydrogens is 306 g/mol. The van der Waals surface area contributed by atoms with E-state index < -0.39 is 0 Å². The summed E-state index contributed by atoms with van der Waals surface area (Å²) in [6, 6.07) is 18.4. The molecule has 0 amide bonds. The first-order chi connectivity index (χ1) is 11.3. The second kappa shape index (κ2) is 7.44. The first-order valence-corrected chi connectivity index (χ1v) is 8.59. The number of thioether (sulfide) groups is 1. The zero-order chi connectivity index (χ0) is 16.1. The van der Waals surface area contributed by atoms with Gasteiger partial charge in [0.25, 0.3) is 0 Å². The summed E-state index contributed by atoms with van der Waals surface area (Å²) >= 11 is 1.62. The van der Waals surface area contributed by atoms with Gasteiger partial charge in [-0.05, 0) is 31.5 Å². The minimum absolute atomic E-state index is 0.192. The molecule has 0 saturated heterocycles. The summed E-state index contributed by atoms with van der Waals surface area (Å²) < 4.78 is 2.08. The lowest BCUT2D eigenvalue weighted by molar-refractivity contribution is 0.296. The monoisotopic (exact) mass is 325 g/mol. The van der Waals surface area contributed by atoms with E-state index in [0.29, 0.717) is 0 Å². The molecule has 4 nitrogen and oxygen atoms in total. The van der Waals surface area contributed by atoms with Crippen LogP contribution in [0.15, 0.2) is 59.8 Å². The van der Waals surface area contributed by atoms with Gasteiger partial charge in [-0.3, -0.25) is 4.57 Å². The topological polar surface area (TPSA) is 50.9 Å². The van der Waals surface area contributed by atoms with Crippen LogP contribution in [-0.2, 0) is 0 Å². The Labute approximate surface area is 140 Å². The van der Waals surface area contributed by atoms with E-state index >= 15 is 0 Å². The molecule has 3 rings (SSSR count). The Hall–Kier alpha value is -2.11. The first kappa shape index (κ1) is 15.8. The van der Waals surface area contributed by atoms with Crippen molar-refractivity contribution >= 4 is 11.8 Å². The quantitative estimate of drug-likeness (QED) is 0.554. The molecule has 0 bridgehead atoms. The van der Waals surface area contributed by atoms with Gasteiger partial charge in [0.15, 0.2) is 11.0 Å². The van der Waals surface area contributed by atoms with Crippen molar-refractivity contribution in [1.29, 1.82) is 0 Å². The van der Waals surface area contributed by atoms with Crippen LogP contribution in [0.3, 0.4) is 0 Å². The molecule has 0 aliphatic rings. The molecule has 118 valence electrons. The number of rotatable bonds is 6. The number of benzene rings is 2. The molecular formula is C18H19N3OS. The van der Waals surface area contributed by atoms with Gasteiger partial charge in [0.2, 0.25) is 0 Å². The predicted molar refractivity (Wildman–Crippen MR) is 94.0 cm³/mol. The molecule has 3 aromatic rings. The highest BCUT2D eigenvalue weighted by molar-refractivity contribution is 7.99. The molecule has 1 aromatic heterocycles. The molecule has 0 aliphatic carbocycles. The van der Waals surface area contributed by atoms with Gasteiger partial charge in [-0.25, -0.2) is 0 Å². The summed E-state index contributed by atoms with van der Waals surface area (Å²) in [4.78, 5) is 0. The van der Waals surface area contributed by atoms with Crippen molar-refractivity contribution in [2.75, 3.05) is 12.4 Å². The summed E-state index contributed by atoms with van der Waals surface area (Å²) in [5.41, 5.74) is 3.29. The van der Waals surface area contributed by atoms with Gasteiger partial charge in [0.05, 0.1) is 0 Å². The predicted octanol–water partition coefficient (Wildman–Crippen LogP) is 3.72. The Balaban J connectivity index is 2.06. The number of aliphatic hydroxyl groups is 1. The summed E-state index contributed by atoms with van der Waals surface area (Å²) in [6.07, 6.45) is 0.742. The average Bonchev–Trinajstić information content (AvgIpc) is 3.00. The molecule has 0 saturated carbocycles. The molecule has 23 heavy (non-hydrogen) atoms. The third kappa shape index (κ3) is 3.63. The zero-order valence-corrected chi connectivity index (χ0v) is 13.8. The Morgan fingerprint density at radius 3 is 2.61 bits per heavy atom. The van der Waals surface area contributed by atoms with Crippen molar-refractivity contribution < 1.29 is 5.11 Å². The van der Waals surface area contributed by atoms with Crippen molar-refractivity contribution in [3.63, 3.8) is 0 Å². The van der Waals surface area contributed by atoms with Crippen LogP contribution in [0.4, 0.5) is 0 Å². The first-order valence-electron chi connectivity index (χ1n) is 7.61. The molecule has 0 fully saturated rings. The van der Waals surface area contributed by atoms with Gasteiger partial charge in [-0.1, -0.05) is 53.7 Å². The van der Waals surface area contributed by atoms with Gasteiger partial charge in [-0.15, -0.1) is 10.2 Å². The van der Waals surface area contributed by atoms with E-state index in [1.54, 1.807) is 11.8 Å². The molecule has 0 unspecified atom stereocenters. The van der Waals surface area contributed by atoms with Crippen LogP contribution in [0, 0.1) is 6.92 Å². The van der Waals surface area contributed by atoms with Crippen LogP contribution in [0.1, 0.15) is 12.0 Å². The van der Waals surface area contributed by atoms with Crippen LogP contribution in [0.25, 0.3) is 17.1 Å². The SMILES string of the molecule is Cc1cccc(-c2nnc(SCCCO)n2-c2ccccc2)c1. The van der Waals surface area contributed by atoms with E-state index in [0.717, 1.165) is 34.4 Å². The smallest absolute Gasteiger partial charge is 0.196 e. The maximum atomic E-state index is 8.99. The number of para-hydroxylation sites is 1. The van der Waals surface area contributed by atoms with Crippen molar-refractivity contribution in [1.82, 2.24) is 14.8 Å². The van der Waals surface area contributed by atoms with Crippen LogP contribution >= 0.6 is 11.8 Å². The molecule has 1 heterocycles. The highest BCUT2D eigenvalue weighted by Gasteiger charge is 2.15. The fourth-order valence-electron chi connectivity index (χ4n) is 2.37. The number of nitrogens with zero attached hydrogens (tertiary/aromatic N) is 3. The Morgan fingerprint density at radius 2 is 1.87 bits per heavy atom. The Kier molecular flexibility index (Phi) is 5.10. The van der Waals surface area contributed by atoms with E-state index in [2.05, 4.69) is 52.0 Å². The van der Waals surface area contributed by atoms with E-state index in [1.165, 1.54) is 5.56 Å². The Morgan fingerprint density at radius 1 is 1.04 bits per heavy atom. The number of hydrogen-bond acceptors (Lipinski definition) is 4. The van der Waals surface area contributed by atoms with Gasteiger partial charge < -0.3 is 5.11 Å². The summed E-state index contributed by atoms with van der Waals surface area (Å²) in [5, 5.41) is 18.6. The van der Waals surface area contributed by atoms with Crippen LogP contribution in [-0.4, -0.2) is 32.2 Å². The third-order valence-corrected chi connectivity index (χ3v) is 4.47. The number of aliphatic hydroxyl groups excluding tert-OH is 1. The normalized spacial score (nSPS) is 10.9. The largest absolute Gasteiger partial charge is 0.396 e. The maximum Gasteiger partial charge on any atom is 0.196 e. The fraction of sp³-hybridized carbons (Fsp3) is 0.222. The van der Waals surface area contributed by atoms with E-state index in [-0.39, 0.29) is 6.61 Å². The number of hydrogen-bond donors (Lipinski definition) is 1. The molecule has 0 aliphatic heterocycles. The molecule has 0 spiro atoms. The van der Waals surface area contributed by atoms with Crippen LogP contribution in [0.5, 0.6) is 0 Å². The summed E-state index contributed by atoms with van der Waals surface area (Å²) in [6.45, 7) is 2.26. The molecule has 0 atom stereocenters. The van der Waals surface area contributed by atoms with Gasteiger partial charge in [0, 0.05) is 23.6 Å². The minimum Gasteiger partial charge on any atom is -0.396 e. The van der Waals surface area contributed by atoms with Crippen molar-refractivity contribution in [2.24, 2.45) is 0 Å². The summed E-state index contributed by atoms with van der Waals surface area (Å²) in [5.74, 6) is 1.65. The Bertz CT molecular complexity index is 771. The standard InChI is InChI=1S/C18H19N3OS/c1-14-7-5-8-15(13-14)17-19-20-18(23-12-6-11-22)21(17)16-9-3-2-4-10-16/h2-5,7-10,13,22H,6,11-12H2,1H3. The lowest BCUT2D eigenvalue weighted by Crippen LogP contribution is -2.00. The number of aryl methyl sites for hydroxylation is 1. The van der Waals surface area contributed by atoms with E-state index in [1.807, 2.05) is 24.3 Å². The zero-order valence-electron chi connectivity index (χ0n) is 13.0. The molecule has 5 heteroatoms. The minimum atomic E-state index is 0.192. The second-order valence-corrected chi connectivity index (χ2v) is 6.33. The van der Waals surface area contributed by atoms with Crippen molar-refractivity contribution in [3.8, 4) is 17.1 Å². The highest BCUT2D eigenvalue weighted by Crippen LogP contribution is 2.28.